The fourth-order valence-electron chi connectivity index (χ4n) is 8.03. The number of nitrogens with two attached hydrogens (primary N) is 2. The maximum Gasteiger partial charge on any atom is 0.270 e. The minimum atomic E-state index is -0.105. The normalized spacial score (nSPS) is 14.6. The summed E-state index contributed by atoms with van der Waals surface area (Å²) < 4.78 is 2.35. The van der Waals surface area contributed by atoms with Crippen LogP contribution in [0.3, 0.4) is 0 Å². The molecule has 0 unspecified atom stereocenters. The van der Waals surface area contributed by atoms with E-state index in [1.54, 1.807) is 0 Å². The molecule has 0 bridgehead atoms. The van der Waals surface area contributed by atoms with Crippen molar-refractivity contribution in [1.82, 2.24) is 0 Å². The summed E-state index contributed by atoms with van der Waals surface area (Å²) in [5.41, 5.74) is 23.4. The molecule has 5 aromatic carbocycles. The van der Waals surface area contributed by atoms with Gasteiger partial charge < -0.3 is 21.5 Å². The lowest BCUT2D eigenvalue weighted by atomic mass is 9.69. The third-order valence-corrected chi connectivity index (χ3v) is 10.2. The summed E-state index contributed by atoms with van der Waals surface area (Å²) in [6, 6.07) is 30.2. The molecule has 2 aliphatic carbocycles. The lowest BCUT2D eigenvalue weighted by Gasteiger charge is -2.35. The molecule has 0 aliphatic heterocycles. The van der Waals surface area contributed by atoms with Crippen LogP contribution in [-0.2, 0) is 0 Å². The van der Waals surface area contributed by atoms with Crippen LogP contribution in [0, 0.1) is 17.9 Å². The van der Waals surface area contributed by atoms with E-state index in [0.29, 0.717) is 33.7 Å². The van der Waals surface area contributed by atoms with Gasteiger partial charge in [-0.15, -0.1) is 0 Å². The number of aliphatic hydroxyl groups is 1. The Morgan fingerprint density at radius 2 is 1.24 bits per heavy atom. The van der Waals surface area contributed by atoms with Gasteiger partial charge in [-0.1, -0.05) is 60.7 Å². The minimum absolute atomic E-state index is 0.00647. The van der Waals surface area contributed by atoms with Crippen LogP contribution in [0.25, 0.3) is 37.5 Å². The fourth-order valence-corrected chi connectivity index (χ4v) is 8.03. The van der Waals surface area contributed by atoms with Crippen molar-refractivity contribution in [3.63, 3.8) is 0 Å². The summed E-state index contributed by atoms with van der Waals surface area (Å²) in [5.74, 6) is 0.00647. The van der Waals surface area contributed by atoms with Crippen LogP contribution >= 0.6 is 0 Å². The highest BCUT2D eigenvalue weighted by Crippen LogP contribution is 2.57. The van der Waals surface area contributed by atoms with Gasteiger partial charge >= 0.3 is 0 Å². The number of nitriles is 1. The molecule has 7 heteroatoms. The third-order valence-electron chi connectivity index (χ3n) is 10.2. The van der Waals surface area contributed by atoms with Crippen LogP contribution in [0.4, 0.5) is 17.1 Å². The number of nitrogens with zero attached hydrogens (tertiary/aromatic N) is 4. The van der Waals surface area contributed by atoms with E-state index in [0.717, 1.165) is 86.9 Å². The van der Waals surface area contributed by atoms with E-state index in [1.807, 2.05) is 60.7 Å². The van der Waals surface area contributed by atoms with Crippen molar-refractivity contribution in [3.8, 4) is 6.07 Å². The molecule has 7 nitrogen and oxygen atoms in total. The number of nitrogen functional groups attached to an aromatic ring is 2. The third kappa shape index (κ3) is 4.51. The predicted molar refractivity (Wildman–Crippen MR) is 206 cm³/mol. The Morgan fingerprint density at radius 1 is 0.740 bits per heavy atom. The first-order valence-corrected chi connectivity index (χ1v) is 17.2. The molecule has 2 aliphatic rings. The van der Waals surface area contributed by atoms with Gasteiger partial charge in [0.05, 0.1) is 29.5 Å². The first-order chi connectivity index (χ1) is 24.4. The van der Waals surface area contributed by atoms with E-state index in [-0.39, 0.29) is 11.5 Å². The van der Waals surface area contributed by atoms with Gasteiger partial charge in [0.15, 0.2) is 0 Å². The number of benzene rings is 5. The van der Waals surface area contributed by atoms with E-state index in [4.69, 9.17) is 18.0 Å². The van der Waals surface area contributed by atoms with E-state index in [1.165, 1.54) is 0 Å². The Kier molecular flexibility index (Phi) is 8.14. The van der Waals surface area contributed by atoms with Crippen LogP contribution in [0.15, 0.2) is 108 Å². The average Bonchev–Trinajstić information content (AvgIpc) is 3.14. The highest BCUT2D eigenvalue weighted by molar-refractivity contribution is 6.28. The van der Waals surface area contributed by atoms with Crippen molar-refractivity contribution in [2.24, 2.45) is 0 Å². The minimum Gasteiger partial charge on any atom is -0.507 e. The van der Waals surface area contributed by atoms with E-state index in [2.05, 4.69) is 72.4 Å². The second-order valence-corrected chi connectivity index (χ2v) is 12.5. The molecule has 5 aromatic rings. The molecule has 246 valence electrons. The molecule has 0 saturated heterocycles. The summed E-state index contributed by atoms with van der Waals surface area (Å²) in [6.45, 7) is 19.9. The molecule has 0 fully saturated rings. The highest BCUT2D eigenvalue weighted by Gasteiger charge is 2.42. The fraction of sp³-hybridized carbons (Fsp3) is 0.186. The van der Waals surface area contributed by atoms with Crippen LogP contribution in [-0.4, -0.2) is 41.6 Å². The second-order valence-electron chi connectivity index (χ2n) is 12.5. The monoisotopic (exact) mass is 655 g/mol. The van der Waals surface area contributed by atoms with Crippen molar-refractivity contribution in [1.29, 1.82) is 5.26 Å². The number of rotatable bonds is 6. The number of hydrogen-bond acceptors (Lipinski definition) is 5. The van der Waals surface area contributed by atoms with E-state index in [9.17, 15) is 10.4 Å². The molecule has 7 rings (SSSR count). The molecular formula is C43H39N6O+. The molecule has 0 radical (unpaired) electrons. The van der Waals surface area contributed by atoms with Crippen molar-refractivity contribution in [3.05, 3.63) is 147 Å². The Hall–Kier alpha value is -6.31. The van der Waals surface area contributed by atoms with Crippen LogP contribution < -0.4 is 16.4 Å². The maximum absolute atomic E-state index is 12.5. The molecule has 0 atom stereocenters. The smallest absolute Gasteiger partial charge is 0.270 e. The summed E-state index contributed by atoms with van der Waals surface area (Å²) in [5, 5.41) is 26.3. The number of hydrogen-bond donors (Lipinski definition) is 3. The Morgan fingerprint density at radius 3 is 1.68 bits per heavy atom. The number of aliphatic hydroxyl groups excluding tert-OH is 1. The zero-order valence-electron chi connectivity index (χ0n) is 28.8. The Labute approximate surface area is 292 Å². The first-order valence-electron chi connectivity index (χ1n) is 17.2. The van der Waals surface area contributed by atoms with Gasteiger partial charge in [-0.3, -0.25) is 0 Å². The van der Waals surface area contributed by atoms with E-state index >= 15 is 0 Å². The molecule has 0 heterocycles. The number of anilines is 3. The molecule has 0 spiro atoms. The average molecular weight is 656 g/mol. The molecule has 0 aromatic heterocycles. The molecule has 0 saturated carbocycles. The largest absolute Gasteiger partial charge is 0.507 e. The second kappa shape index (κ2) is 12.6. The summed E-state index contributed by atoms with van der Waals surface area (Å²) in [4.78, 5) is 6.03. The van der Waals surface area contributed by atoms with Gasteiger partial charge in [0.25, 0.3) is 5.70 Å². The van der Waals surface area contributed by atoms with Crippen LogP contribution in [0.1, 0.15) is 55.5 Å². The zero-order valence-corrected chi connectivity index (χ0v) is 28.8. The standard InChI is InChI=1S/C43H38N6O/c1-6-48(7-2)41-27-18-12-10-16-25(27)34(26-17-11-13-19-28(26)41)39-37(33(24-44)47-5)40(43(39)50)38-35-29(20-14-22-31(35)45)42(49(8-3)9-4)30-21-15-23-32(46)36(30)38/h10-23H,6-9,45-46H2,1-4H3/p+1. The highest BCUT2D eigenvalue weighted by atomic mass is 16.3. The topological polar surface area (TPSA) is 107 Å². The van der Waals surface area contributed by atoms with E-state index < -0.39 is 0 Å². The van der Waals surface area contributed by atoms with Crippen LogP contribution in [0.5, 0.6) is 0 Å². The molecule has 0 amide bonds. The van der Waals surface area contributed by atoms with Crippen molar-refractivity contribution >= 4 is 55.5 Å². The van der Waals surface area contributed by atoms with Gasteiger partial charge in [-0.05, 0) is 63.1 Å². The summed E-state index contributed by atoms with van der Waals surface area (Å²) in [6.07, 6.45) is 0. The lowest BCUT2D eigenvalue weighted by Crippen LogP contribution is -2.29. The van der Waals surface area contributed by atoms with Crippen LogP contribution in [0.2, 0.25) is 0 Å². The van der Waals surface area contributed by atoms with Crippen molar-refractivity contribution in [2.45, 2.75) is 27.7 Å². The summed E-state index contributed by atoms with van der Waals surface area (Å²) in [7, 11) is 0. The Bertz CT molecular complexity index is 2340. The quantitative estimate of drug-likeness (QED) is 0.0547. The van der Waals surface area contributed by atoms with Gasteiger partial charge in [0, 0.05) is 73.9 Å². The van der Waals surface area contributed by atoms with Gasteiger partial charge in [0.1, 0.15) is 18.8 Å². The molecule has 5 N–H and O–H groups in total. The predicted octanol–water partition coefficient (Wildman–Crippen LogP) is 8.69. The first kappa shape index (κ1) is 32.2. The molecule has 50 heavy (non-hydrogen) atoms. The Balaban J connectivity index is 1.70. The SMILES string of the molecule is [C-]#[N+]C(C#N)=C1C(=C2c3ccccc3C(=[N+](CC)CC)c3ccccc32)C(O)=C1c1c2c(N)cccc2c(N(CC)CC)c2cccc(N)c12. The van der Waals surface area contributed by atoms with Crippen molar-refractivity contribution in [2.75, 3.05) is 42.5 Å². The molecular weight excluding hydrogens is 617 g/mol. The zero-order chi connectivity index (χ0) is 35.3. The van der Waals surface area contributed by atoms with Gasteiger partial charge in [0.2, 0.25) is 5.71 Å². The number of fused-ring (bicyclic) bond motifs is 4. The lowest BCUT2D eigenvalue weighted by molar-refractivity contribution is -0.519. The number of allylic oxidation sites excluding steroid dienone is 3. The summed E-state index contributed by atoms with van der Waals surface area (Å²) >= 11 is 0. The van der Waals surface area contributed by atoms with Gasteiger partial charge in [-0.2, -0.15) is 0 Å². The maximum atomic E-state index is 12.5. The van der Waals surface area contributed by atoms with Gasteiger partial charge in [-0.25, -0.2) is 14.7 Å². The van der Waals surface area contributed by atoms with Crippen molar-refractivity contribution < 1.29 is 9.68 Å².